The van der Waals surface area contributed by atoms with Crippen LogP contribution in [0.5, 0.6) is 11.5 Å². The molecule has 3 nitrogen and oxygen atoms in total. The fraction of sp³-hybridized carbons (Fsp3) is 0.250. The third-order valence-corrected chi connectivity index (χ3v) is 3.44. The van der Waals surface area contributed by atoms with Crippen molar-refractivity contribution in [1.29, 1.82) is 0 Å². The lowest BCUT2D eigenvalue weighted by atomic mass is 10.2. The van der Waals surface area contributed by atoms with Crippen molar-refractivity contribution in [3.8, 4) is 11.5 Å². The average molecular weight is 326 g/mol. The monoisotopic (exact) mass is 325 g/mol. The Kier molecular flexibility index (Phi) is 5.59. The number of hydrogen-bond acceptors (Lipinski definition) is 3. The van der Waals surface area contributed by atoms with Crippen LogP contribution in [0.4, 0.5) is 5.69 Å². The molecule has 2 rings (SSSR count). The van der Waals surface area contributed by atoms with Gasteiger partial charge in [0.1, 0.15) is 11.5 Å². The van der Waals surface area contributed by atoms with E-state index in [9.17, 15) is 0 Å². The van der Waals surface area contributed by atoms with Gasteiger partial charge in [-0.25, -0.2) is 0 Å². The molecule has 0 aliphatic rings. The molecule has 0 saturated carbocycles. The Morgan fingerprint density at radius 3 is 2.38 bits per heavy atom. The van der Waals surface area contributed by atoms with Gasteiger partial charge in [0.2, 0.25) is 0 Å². The molecule has 2 N–H and O–H groups in total. The molecule has 0 bridgehead atoms. The predicted octanol–water partition coefficient (Wildman–Crippen LogP) is 4.73. The highest BCUT2D eigenvalue weighted by atomic mass is 35.5. The van der Waals surface area contributed by atoms with E-state index in [2.05, 4.69) is 0 Å². The summed E-state index contributed by atoms with van der Waals surface area (Å²) in [7, 11) is 0. The van der Waals surface area contributed by atoms with Crippen LogP contribution in [-0.4, -0.2) is 13.2 Å². The maximum atomic E-state index is 6.02. The summed E-state index contributed by atoms with van der Waals surface area (Å²) in [6.07, 6.45) is 0.743. The Balaban J connectivity index is 1.76. The van der Waals surface area contributed by atoms with Gasteiger partial charge in [0.05, 0.1) is 18.2 Å². The molecule has 5 heteroatoms. The summed E-state index contributed by atoms with van der Waals surface area (Å²) >= 11 is 11.8. The molecule has 0 amide bonds. The largest absolute Gasteiger partial charge is 0.493 e. The van der Waals surface area contributed by atoms with Gasteiger partial charge < -0.3 is 15.2 Å². The molecule has 0 heterocycles. The fourth-order valence-corrected chi connectivity index (χ4v) is 2.25. The van der Waals surface area contributed by atoms with Gasteiger partial charge in [0.25, 0.3) is 0 Å². The summed E-state index contributed by atoms with van der Waals surface area (Å²) in [5.41, 5.74) is 7.49. The number of aryl methyl sites for hydroxylation is 1. The lowest BCUT2D eigenvalue weighted by molar-refractivity contribution is 0.247. The van der Waals surface area contributed by atoms with Crippen LogP contribution >= 0.6 is 23.2 Å². The van der Waals surface area contributed by atoms with E-state index in [4.69, 9.17) is 38.4 Å². The van der Waals surface area contributed by atoms with Gasteiger partial charge in [-0.15, -0.1) is 0 Å². The smallest absolute Gasteiger partial charge is 0.137 e. The van der Waals surface area contributed by atoms with E-state index in [1.165, 1.54) is 0 Å². The highest BCUT2D eigenvalue weighted by Crippen LogP contribution is 2.27. The summed E-state index contributed by atoms with van der Waals surface area (Å²) in [6.45, 7) is 3.05. The Hall–Kier alpha value is -1.58. The highest BCUT2D eigenvalue weighted by Gasteiger charge is 2.03. The molecule has 0 fully saturated rings. The van der Waals surface area contributed by atoms with Crippen LogP contribution in [0, 0.1) is 6.92 Å². The molecule has 2 aromatic carbocycles. The van der Waals surface area contributed by atoms with Crippen LogP contribution in [0.25, 0.3) is 0 Å². The minimum atomic E-state index is 0.509. The number of rotatable bonds is 6. The van der Waals surface area contributed by atoms with E-state index in [1.807, 2.05) is 25.1 Å². The second kappa shape index (κ2) is 7.43. The summed E-state index contributed by atoms with van der Waals surface area (Å²) in [6, 6.07) is 10.8. The van der Waals surface area contributed by atoms with E-state index < -0.39 is 0 Å². The van der Waals surface area contributed by atoms with Crippen LogP contribution < -0.4 is 15.2 Å². The molecule has 0 radical (unpaired) electrons. The van der Waals surface area contributed by atoms with E-state index in [-0.39, 0.29) is 0 Å². The number of halogens is 2. The molecular formula is C16H17Cl2NO2. The van der Waals surface area contributed by atoms with Gasteiger partial charge in [-0.3, -0.25) is 0 Å². The normalized spacial score (nSPS) is 10.4. The van der Waals surface area contributed by atoms with Crippen molar-refractivity contribution in [3.05, 3.63) is 52.0 Å². The number of ether oxygens (including phenoxy) is 2. The van der Waals surface area contributed by atoms with Gasteiger partial charge in [-0.05, 0) is 36.8 Å². The van der Waals surface area contributed by atoms with E-state index >= 15 is 0 Å². The fourth-order valence-electron chi connectivity index (χ4n) is 1.79. The van der Waals surface area contributed by atoms with Crippen molar-refractivity contribution in [3.63, 3.8) is 0 Å². The van der Waals surface area contributed by atoms with Crippen LogP contribution in [0.15, 0.2) is 36.4 Å². The van der Waals surface area contributed by atoms with Gasteiger partial charge >= 0.3 is 0 Å². The number of nitrogen functional groups attached to an aromatic ring is 1. The number of anilines is 1. The van der Waals surface area contributed by atoms with Gasteiger partial charge in [-0.2, -0.15) is 0 Å². The Labute approximate surface area is 134 Å². The third kappa shape index (κ3) is 4.73. The average Bonchev–Trinajstić information content (AvgIpc) is 2.44. The molecule has 0 aromatic heterocycles. The second-order valence-corrected chi connectivity index (χ2v) is 5.49. The van der Waals surface area contributed by atoms with E-state index in [0.717, 1.165) is 17.7 Å². The van der Waals surface area contributed by atoms with E-state index in [1.54, 1.807) is 18.2 Å². The molecular weight excluding hydrogens is 309 g/mol. The number of hydrogen-bond donors (Lipinski definition) is 1. The zero-order valence-electron chi connectivity index (χ0n) is 11.7. The first-order valence-corrected chi connectivity index (χ1v) is 7.38. The molecule has 0 aliphatic carbocycles. The van der Waals surface area contributed by atoms with Gasteiger partial charge in [0.15, 0.2) is 0 Å². The molecule has 0 spiro atoms. The summed E-state index contributed by atoms with van der Waals surface area (Å²) < 4.78 is 11.3. The zero-order chi connectivity index (χ0) is 15.2. The Bertz CT molecular complexity index is 617. The SMILES string of the molecule is Cc1ccc(N)cc1OCCCOc1ccc(Cl)cc1Cl. The summed E-state index contributed by atoms with van der Waals surface area (Å²) in [4.78, 5) is 0. The lowest BCUT2D eigenvalue weighted by Gasteiger charge is -2.11. The molecule has 0 unspecified atom stereocenters. The van der Waals surface area contributed by atoms with Crippen LogP contribution in [-0.2, 0) is 0 Å². The maximum absolute atomic E-state index is 6.02. The topological polar surface area (TPSA) is 44.5 Å². The maximum Gasteiger partial charge on any atom is 0.137 e. The first kappa shape index (κ1) is 15.8. The van der Waals surface area contributed by atoms with Crippen LogP contribution in [0.1, 0.15) is 12.0 Å². The molecule has 0 saturated heterocycles. The first-order valence-electron chi connectivity index (χ1n) is 6.63. The lowest BCUT2D eigenvalue weighted by Crippen LogP contribution is -2.06. The minimum absolute atomic E-state index is 0.509. The minimum Gasteiger partial charge on any atom is -0.493 e. The van der Waals surface area contributed by atoms with Gasteiger partial charge in [-0.1, -0.05) is 29.3 Å². The Morgan fingerprint density at radius 1 is 0.952 bits per heavy atom. The second-order valence-electron chi connectivity index (χ2n) is 4.65. The van der Waals surface area contributed by atoms with Crippen molar-refractivity contribution in [2.75, 3.05) is 18.9 Å². The molecule has 0 aliphatic heterocycles. The van der Waals surface area contributed by atoms with Gasteiger partial charge in [0, 0.05) is 23.2 Å². The third-order valence-electron chi connectivity index (χ3n) is 2.91. The quantitative estimate of drug-likeness (QED) is 0.616. The zero-order valence-corrected chi connectivity index (χ0v) is 13.2. The van der Waals surface area contributed by atoms with Crippen molar-refractivity contribution < 1.29 is 9.47 Å². The highest BCUT2D eigenvalue weighted by molar-refractivity contribution is 6.35. The van der Waals surface area contributed by atoms with Crippen LogP contribution in [0.2, 0.25) is 10.0 Å². The first-order chi connectivity index (χ1) is 10.1. The van der Waals surface area contributed by atoms with Crippen molar-refractivity contribution in [2.45, 2.75) is 13.3 Å². The van der Waals surface area contributed by atoms with E-state index in [0.29, 0.717) is 34.7 Å². The molecule has 112 valence electrons. The summed E-state index contributed by atoms with van der Waals surface area (Å²) in [5.74, 6) is 1.43. The standard InChI is InChI=1S/C16H17Cl2NO2/c1-11-3-5-13(19)10-16(11)21-8-2-7-20-15-6-4-12(17)9-14(15)18/h3-6,9-10H,2,7-8,19H2,1H3. The molecule has 21 heavy (non-hydrogen) atoms. The Morgan fingerprint density at radius 2 is 1.67 bits per heavy atom. The number of benzene rings is 2. The van der Waals surface area contributed by atoms with Crippen molar-refractivity contribution in [1.82, 2.24) is 0 Å². The molecule has 0 atom stereocenters. The predicted molar refractivity (Wildman–Crippen MR) is 87.7 cm³/mol. The van der Waals surface area contributed by atoms with Crippen molar-refractivity contribution in [2.24, 2.45) is 0 Å². The summed E-state index contributed by atoms with van der Waals surface area (Å²) in [5, 5.41) is 1.10. The van der Waals surface area contributed by atoms with Crippen LogP contribution in [0.3, 0.4) is 0 Å². The van der Waals surface area contributed by atoms with Crippen molar-refractivity contribution >= 4 is 28.9 Å². The molecule has 2 aromatic rings. The number of nitrogens with two attached hydrogens (primary N) is 1.